The van der Waals surface area contributed by atoms with Crippen LogP contribution in [0, 0.1) is 5.82 Å². The predicted octanol–water partition coefficient (Wildman–Crippen LogP) is 3.84. The number of carbonyl (C=O) groups is 1. The van der Waals surface area contributed by atoms with Crippen molar-refractivity contribution in [2.45, 2.75) is 13.1 Å². The zero-order valence-electron chi connectivity index (χ0n) is 15.3. The van der Waals surface area contributed by atoms with E-state index in [4.69, 9.17) is 11.6 Å². The van der Waals surface area contributed by atoms with Crippen LogP contribution in [0.15, 0.2) is 73.1 Å². The third-order valence-electron chi connectivity index (χ3n) is 4.36. The van der Waals surface area contributed by atoms with E-state index in [0.29, 0.717) is 17.4 Å². The molecule has 0 unspecified atom stereocenters. The van der Waals surface area contributed by atoms with Gasteiger partial charge < -0.3 is 9.88 Å². The van der Waals surface area contributed by atoms with Gasteiger partial charge in [-0.1, -0.05) is 41.1 Å². The maximum Gasteiger partial charge on any atom is 0.276 e. The highest BCUT2D eigenvalue weighted by Crippen LogP contribution is 2.16. The lowest BCUT2D eigenvalue weighted by molar-refractivity contribution is 0.0946. The summed E-state index contributed by atoms with van der Waals surface area (Å²) in [5, 5.41) is 11.7. The number of hydrogen-bond acceptors (Lipinski definition) is 3. The summed E-state index contributed by atoms with van der Waals surface area (Å²) in [6.07, 6.45) is 3.60. The van der Waals surface area contributed by atoms with Crippen molar-refractivity contribution in [1.29, 1.82) is 0 Å². The number of amides is 1. The Labute approximate surface area is 171 Å². The van der Waals surface area contributed by atoms with E-state index in [-0.39, 0.29) is 24.0 Å². The molecule has 0 saturated carbocycles. The Balaban J connectivity index is 1.60. The molecule has 0 spiro atoms. The molecule has 0 aliphatic carbocycles. The van der Waals surface area contributed by atoms with E-state index >= 15 is 0 Å². The Bertz CT molecular complexity index is 1120. The monoisotopic (exact) mass is 409 g/mol. The van der Waals surface area contributed by atoms with Crippen molar-refractivity contribution in [1.82, 2.24) is 24.9 Å². The molecule has 6 nitrogen and oxygen atoms in total. The van der Waals surface area contributed by atoms with Crippen LogP contribution >= 0.6 is 11.6 Å². The van der Waals surface area contributed by atoms with Crippen molar-refractivity contribution in [3.8, 4) is 5.82 Å². The summed E-state index contributed by atoms with van der Waals surface area (Å²) in [5.74, 6) is -0.173. The normalized spacial score (nSPS) is 10.8. The van der Waals surface area contributed by atoms with E-state index < -0.39 is 0 Å². The highest BCUT2D eigenvalue weighted by molar-refractivity contribution is 6.30. The third-order valence-corrected chi connectivity index (χ3v) is 4.61. The molecule has 4 aromatic rings. The highest BCUT2D eigenvalue weighted by Gasteiger charge is 2.21. The lowest BCUT2D eigenvalue weighted by Crippen LogP contribution is -2.25. The Morgan fingerprint density at radius 2 is 1.79 bits per heavy atom. The predicted molar refractivity (Wildman–Crippen MR) is 107 cm³/mol. The third kappa shape index (κ3) is 4.35. The first-order valence-electron chi connectivity index (χ1n) is 8.94. The number of nitrogens with zero attached hydrogens (tertiary/aromatic N) is 4. The minimum atomic E-state index is -0.353. The van der Waals surface area contributed by atoms with Crippen molar-refractivity contribution in [2.75, 3.05) is 0 Å². The fraction of sp³-hybridized carbons (Fsp3) is 0.0952. The molecule has 8 heteroatoms. The quantitative estimate of drug-likeness (QED) is 0.526. The first kappa shape index (κ1) is 18.9. The smallest absolute Gasteiger partial charge is 0.276 e. The summed E-state index contributed by atoms with van der Waals surface area (Å²) in [5.41, 5.74) is 1.82. The van der Waals surface area contributed by atoms with Crippen LogP contribution < -0.4 is 5.32 Å². The molecule has 146 valence electrons. The number of hydrogen-bond donors (Lipinski definition) is 1. The second kappa shape index (κ2) is 8.28. The molecule has 0 fully saturated rings. The van der Waals surface area contributed by atoms with E-state index in [2.05, 4.69) is 15.6 Å². The van der Waals surface area contributed by atoms with Crippen LogP contribution in [0.3, 0.4) is 0 Å². The van der Waals surface area contributed by atoms with Gasteiger partial charge in [0.1, 0.15) is 5.82 Å². The summed E-state index contributed by atoms with van der Waals surface area (Å²) >= 11 is 5.89. The van der Waals surface area contributed by atoms with Gasteiger partial charge in [0.2, 0.25) is 0 Å². The molecule has 0 aliphatic rings. The zero-order valence-corrected chi connectivity index (χ0v) is 16.1. The van der Waals surface area contributed by atoms with Crippen LogP contribution in [-0.2, 0) is 13.1 Å². The minimum absolute atomic E-state index is 0.187. The molecule has 1 amide bonds. The number of rotatable bonds is 6. The van der Waals surface area contributed by atoms with E-state index in [1.165, 1.54) is 12.1 Å². The number of carbonyl (C=O) groups excluding carboxylic acids is 1. The molecule has 2 aromatic carbocycles. The van der Waals surface area contributed by atoms with Crippen LogP contribution in [0.2, 0.25) is 5.02 Å². The second-order valence-corrected chi connectivity index (χ2v) is 6.89. The Morgan fingerprint density at radius 3 is 2.52 bits per heavy atom. The topological polar surface area (TPSA) is 64.7 Å². The van der Waals surface area contributed by atoms with Gasteiger partial charge in [-0.05, 0) is 47.5 Å². The standard InChI is InChI=1S/C21H17ClFN5O/c22-17-8-6-15(7-9-17)13-24-20(29)19-21(27-10-1-2-11-27)28(26-25-19)14-16-4-3-5-18(23)12-16/h1-12H,13-14H2,(H,24,29). The van der Waals surface area contributed by atoms with Crippen molar-refractivity contribution < 1.29 is 9.18 Å². The van der Waals surface area contributed by atoms with Gasteiger partial charge in [0.15, 0.2) is 11.5 Å². The molecule has 29 heavy (non-hydrogen) atoms. The van der Waals surface area contributed by atoms with Gasteiger partial charge in [0, 0.05) is 24.0 Å². The summed E-state index contributed by atoms with van der Waals surface area (Å²) < 4.78 is 16.9. The van der Waals surface area contributed by atoms with E-state index in [9.17, 15) is 9.18 Å². The largest absolute Gasteiger partial charge is 0.346 e. The maximum atomic E-state index is 13.5. The van der Waals surface area contributed by atoms with Crippen LogP contribution in [-0.4, -0.2) is 25.5 Å². The Hall–Kier alpha value is -3.45. The number of halogens is 2. The van der Waals surface area contributed by atoms with Gasteiger partial charge >= 0.3 is 0 Å². The van der Waals surface area contributed by atoms with Gasteiger partial charge in [0.25, 0.3) is 5.91 Å². The Morgan fingerprint density at radius 1 is 1.03 bits per heavy atom. The van der Waals surface area contributed by atoms with Gasteiger partial charge in [-0.25, -0.2) is 9.07 Å². The molecule has 2 heterocycles. The molecule has 0 aliphatic heterocycles. The summed E-state index contributed by atoms with van der Waals surface area (Å²) in [4.78, 5) is 12.8. The van der Waals surface area contributed by atoms with Gasteiger partial charge in [-0.15, -0.1) is 5.10 Å². The van der Waals surface area contributed by atoms with Gasteiger partial charge in [-0.2, -0.15) is 0 Å². The lowest BCUT2D eigenvalue weighted by atomic mass is 10.2. The highest BCUT2D eigenvalue weighted by atomic mass is 35.5. The number of aromatic nitrogens is 4. The van der Waals surface area contributed by atoms with Gasteiger partial charge in [0.05, 0.1) is 6.54 Å². The Kier molecular flexibility index (Phi) is 5.39. The molecule has 2 aromatic heterocycles. The second-order valence-electron chi connectivity index (χ2n) is 6.45. The van der Waals surface area contributed by atoms with Crippen LogP contribution in [0.25, 0.3) is 5.82 Å². The number of nitrogens with one attached hydrogen (secondary N) is 1. The lowest BCUT2D eigenvalue weighted by Gasteiger charge is -2.10. The van der Waals surface area contributed by atoms with Crippen LogP contribution in [0.4, 0.5) is 4.39 Å². The molecule has 0 bridgehead atoms. The minimum Gasteiger partial charge on any atom is -0.346 e. The summed E-state index contributed by atoms with van der Waals surface area (Å²) in [7, 11) is 0. The average Bonchev–Trinajstić information content (AvgIpc) is 3.37. The van der Waals surface area contributed by atoms with Crippen LogP contribution in [0.1, 0.15) is 21.6 Å². The van der Waals surface area contributed by atoms with E-state index in [1.54, 1.807) is 45.9 Å². The molecule has 0 atom stereocenters. The zero-order chi connectivity index (χ0) is 20.2. The van der Waals surface area contributed by atoms with Crippen molar-refractivity contribution in [2.24, 2.45) is 0 Å². The molecule has 4 rings (SSSR count). The number of benzene rings is 2. The average molecular weight is 410 g/mol. The van der Waals surface area contributed by atoms with Gasteiger partial charge in [-0.3, -0.25) is 4.79 Å². The molecule has 0 saturated heterocycles. The molecule has 1 N–H and O–H groups in total. The SMILES string of the molecule is O=C(NCc1ccc(Cl)cc1)c1nnn(Cc2cccc(F)c2)c1-n1cccc1. The first-order chi connectivity index (χ1) is 14.1. The maximum absolute atomic E-state index is 13.5. The van der Waals surface area contributed by atoms with Crippen LogP contribution in [0.5, 0.6) is 0 Å². The molecular formula is C21H17ClFN5O. The fourth-order valence-corrected chi connectivity index (χ4v) is 3.10. The van der Waals surface area contributed by atoms with Crippen molar-refractivity contribution in [3.63, 3.8) is 0 Å². The molecular weight excluding hydrogens is 393 g/mol. The van der Waals surface area contributed by atoms with E-state index in [0.717, 1.165) is 11.1 Å². The van der Waals surface area contributed by atoms with Crippen molar-refractivity contribution >= 4 is 17.5 Å². The summed E-state index contributed by atoms with van der Waals surface area (Å²) in [6.45, 7) is 0.612. The van der Waals surface area contributed by atoms with Crippen molar-refractivity contribution in [3.05, 3.63) is 101 Å². The fourth-order valence-electron chi connectivity index (χ4n) is 2.97. The first-order valence-corrected chi connectivity index (χ1v) is 9.32. The molecule has 0 radical (unpaired) electrons. The van der Waals surface area contributed by atoms with E-state index in [1.807, 2.05) is 24.3 Å². The summed E-state index contributed by atoms with van der Waals surface area (Å²) in [6, 6.07) is 17.2.